The molecule has 70 heavy (non-hydrogen) atoms. The number of para-hydroxylation sites is 3. The van der Waals surface area contributed by atoms with E-state index in [1.165, 1.54) is 34.3 Å². The molecule has 0 saturated carbocycles. The Morgan fingerprint density at radius 1 is 0.543 bits per heavy atom. The number of fused-ring (bicyclic) bond motifs is 2. The number of rotatable bonds is 11. The van der Waals surface area contributed by atoms with Crippen LogP contribution in [0.3, 0.4) is 0 Å². The molecule has 0 unspecified atom stereocenters. The molecule has 353 valence electrons. The fraction of sp³-hybridized carbons (Fsp3) is 0.176. The van der Waals surface area contributed by atoms with Gasteiger partial charge in [-0.15, -0.1) is 46.7 Å². The van der Waals surface area contributed by atoms with Crippen LogP contribution in [-0.2, 0) is 112 Å². The summed E-state index contributed by atoms with van der Waals surface area (Å²) in [7, 11) is 3.96. The third kappa shape index (κ3) is 14.5. The predicted molar refractivity (Wildman–Crippen MR) is 251 cm³/mol. The molecule has 0 spiro atoms. The number of nitrogens with zero attached hydrogens (tertiary/aromatic N) is 2. The van der Waals surface area contributed by atoms with Crippen molar-refractivity contribution in [3.8, 4) is 0 Å². The smallest absolute Gasteiger partial charge is 0.282 e. The van der Waals surface area contributed by atoms with Crippen LogP contribution in [0.2, 0.25) is 0 Å². The topological polar surface area (TPSA) is 196 Å². The number of esters is 2. The number of aromatic nitrogens is 2. The molecule has 0 saturated heterocycles. The van der Waals surface area contributed by atoms with Gasteiger partial charge in [0.1, 0.15) is 5.78 Å². The summed E-state index contributed by atoms with van der Waals surface area (Å²) in [4.78, 5) is 52.4. The van der Waals surface area contributed by atoms with Gasteiger partial charge in [-0.1, -0.05) is 88.0 Å². The quantitative estimate of drug-likeness (QED) is 0.0413. The summed E-state index contributed by atoms with van der Waals surface area (Å²) in [6, 6.07) is 36.1. The van der Waals surface area contributed by atoms with Crippen LogP contribution in [0.5, 0.6) is 0 Å². The van der Waals surface area contributed by atoms with E-state index < -0.39 is 23.5 Å². The maximum Gasteiger partial charge on any atom is 0.282 e. The Kier molecular flexibility index (Phi) is 23.3. The third-order valence-electron chi connectivity index (χ3n) is 10.3. The Balaban J connectivity index is 0.000000272. The zero-order chi connectivity index (χ0) is 48.4. The van der Waals surface area contributed by atoms with E-state index in [2.05, 4.69) is 54.7 Å². The first kappa shape index (κ1) is 59.3. The average Bonchev–Trinajstić information content (AvgIpc) is 3.87. The minimum Gasteiger partial charge on any atom is -0.475 e. The number of ether oxygens (including phenoxy) is 2. The van der Waals surface area contributed by atoms with E-state index in [1.807, 2.05) is 87.5 Å². The number of ketones is 1. The number of amides is 1. The van der Waals surface area contributed by atoms with Gasteiger partial charge < -0.3 is 39.3 Å². The molecule has 19 heteroatoms. The van der Waals surface area contributed by atoms with Gasteiger partial charge in [0.2, 0.25) is 5.91 Å². The van der Waals surface area contributed by atoms with Gasteiger partial charge in [0, 0.05) is 132 Å². The first-order chi connectivity index (χ1) is 32.1. The number of hydrogen-bond donors (Lipinski definition) is 4. The molecule has 15 nitrogen and oxygen atoms in total. The van der Waals surface area contributed by atoms with Crippen LogP contribution in [0.25, 0.3) is 21.8 Å². The molecule has 8 aromatic rings. The Morgan fingerprint density at radius 3 is 1.30 bits per heavy atom. The minimum atomic E-state index is -0.809. The molecule has 4 N–H and O–H groups in total. The molecule has 0 aliphatic heterocycles. The Morgan fingerprint density at radius 2 is 0.914 bits per heavy atom. The number of methoxy groups -OCH3 is 2. The first-order valence-electron chi connectivity index (χ1n) is 20.5. The summed E-state index contributed by atoms with van der Waals surface area (Å²) in [5.74, 6) is -1.51. The van der Waals surface area contributed by atoms with Crippen molar-refractivity contribution in [3.05, 3.63) is 165 Å². The molecule has 0 aliphatic carbocycles. The zero-order valence-electron chi connectivity index (χ0n) is 39.8. The summed E-state index contributed by atoms with van der Waals surface area (Å²) in [5.41, 5.74) is 10.8. The zero-order valence-corrected chi connectivity index (χ0v) is 48.4. The Hall–Kier alpha value is -5.06. The number of carbonyl (C=O) groups is 4. The minimum absolute atomic E-state index is 0. The molecule has 3 radical (unpaired) electrons. The van der Waals surface area contributed by atoms with E-state index in [0.29, 0.717) is 50.7 Å². The number of hydrogen-bond acceptors (Lipinski definition) is 14. The number of aryl methyl sites for hydroxylation is 5. The van der Waals surface area contributed by atoms with Crippen LogP contribution in [0, 0.1) is 58.6 Å². The summed E-state index contributed by atoms with van der Waals surface area (Å²) >= 11 is 0. The van der Waals surface area contributed by atoms with Gasteiger partial charge in [-0.05, 0) is 93.1 Å². The second-order valence-corrected chi connectivity index (χ2v) is 14.9. The maximum absolute atomic E-state index is 14.0. The first-order valence-corrected chi connectivity index (χ1v) is 20.5. The normalized spacial score (nSPS) is 10.1. The van der Waals surface area contributed by atoms with Crippen LogP contribution in [0.4, 0.5) is 38.5 Å². The van der Waals surface area contributed by atoms with Crippen LogP contribution in [0.1, 0.15) is 76.6 Å². The second-order valence-electron chi connectivity index (χ2n) is 14.9. The van der Waals surface area contributed by atoms with Crippen LogP contribution in [-0.4, -0.2) is 55.3 Å². The van der Waals surface area contributed by atoms with Crippen molar-refractivity contribution in [1.82, 2.24) is 15.8 Å². The van der Waals surface area contributed by atoms with Crippen molar-refractivity contribution in [1.29, 1.82) is 0 Å². The van der Waals surface area contributed by atoms with Gasteiger partial charge in [0.15, 0.2) is 0 Å². The largest absolute Gasteiger partial charge is 0.475 e. The van der Waals surface area contributed by atoms with Crippen molar-refractivity contribution < 1.29 is 145 Å². The van der Waals surface area contributed by atoms with Crippen molar-refractivity contribution >= 4 is 79.6 Å². The van der Waals surface area contributed by atoms with Crippen molar-refractivity contribution in [2.45, 2.75) is 41.5 Å². The van der Waals surface area contributed by atoms with Crippen LogP contribution >= 0.6 is 0 Å². The van der Waals surface area contributed by atoms with Gasteiger partial charge >= 0.3 is 0 Å². The molecule has 0 fully saturated rings. The summed E-state index contributed by atoms with van der Waals surface area (Å²) in [5, 5.41) is 18.8. The van der Waals surface area contributed by atoms with E-state index in [4.69, 9.17) is 18.6 Å². The van der Waals surface area contributed by atoms with E-state index >= 15 is 0 Å². The van der Waals surface area contributed by atoms with E-state index in [-0.39, 0.29) is 121 Å². The number of Topliss-reactive ketones (excluding diaryl/α,β-unsaturated/α-hetero) is 1. The molecule has 6 aromatic carbocycles. The summed E-state index contributed by atoms with van der Waals surface area (Å²) in [6.45, 7) is 10.6. The number of halogens is 1. The monoisotopic (exact) mass is 1170 g/mol. The maximum atomic E-state index is 14.0. The molecule has 0 bridgehead atoms. The molecule has 2 heterocycles. The number of carbonyl (C=O) groups excluding carboxylic acids is 4. The van der Waals surface area contributed by atoms with Gasteiger partial charge in [0.25, 0.3) is 11.9 Å². The number of nitrogens with one attached hydrogen (secondary N) is 4. The van der Waals surface area contributed by atoms with Crippen molar-refractivity contribution in [3.63, 3.8) is 0 Å². The second kappa shape index (κ2) is 27.5. The molecule has 2 aromatic heterocycles. The SMILES string of the molecule is COC(=O)c1cc(C(C)=O)c(F)[c-]c1Nc1ccccc1C.COC(=O)c1cc2c(C)onc2[c-]c1Nc1ccccc1C.CONC(=O)c1cc2c(C)onc2[c-]c1Nc1ccccc1C.[Y].[Y].[Y]. The van der Waals surface area contributed by atoms with Gasteiger partial charge in [-0.25, -0.2) is 9.87 Å². The standard InChI is InChI=1S/C17H15FNO3.C17H16N3O3.C17H15N2O3.3Y/c1-10-6-4-5-7-15(10)19-16-9-14(18)12(11(2)20)8-13(16)17(21)22-3;1-10-6-4-5-7-14(10)18-15-9-16-12(11(2)23-19-16)8-13(15)17(21)20-22-3;1-10-6-4-5-7-14(10)18-15-9-16-12(11(2)22-19-16)8-13(15)17(20)21-3;;;/h4-8,19H,1-3H3;4-8,18H,1-3H3,(H,20,21);4-8,18H,1-3H3;;;/q3*-1;;;. The van der Waals surface area contributed by atoms with Crippen LogP contribution in [0.15, 0.2) is 100 Å². The third-order valence-corrected chi connectivity index (χ3v) is 10.3. The molecular formula is C51H46FN6O9Y3-3. The molecule has 0 aliphatic rings. The Labute approximate surface area is 479 Å². The molecule has 1 amide bonds. The predicted octanol–water partition coefficient (Wildman–Crippen LogP) is 10.7. The summed E-state index contributed by atoms with van der Waals surface area (Å²) < 4.78 is 33.8. The summed E-state index contributed by atoms with van der Waals surface area (Å²) in [6.07, 6.45) is 0. The van der Waals surface area contributed by atoms with E-state index in [1.54, 1.807) is 32.0 Å². The van der Waals surface area contributed by atoms with Gasteiger partial charge in [0.05, 0.1) is 32.8 Å². The van der Waals surface area contributed by atoms with Gasteiger partial charge in [-0.3, -0.25) is 19.2 Å². The molecule has 0 atom stereocenters. The van der Waals surface area contributed by atoms with E-state index in [0.717, 1.165) is 38.8 Å². The van der Waals surface area contributed by atoms with Crippen molar-refractivity contribution in [2.24, 2.45) is 0 Å². The number of hydroxylamine groups is 1. The average molecular weight is 1170 g/mol. The fourth-order valence-electron chi connectivity index (χ4n) is 6.57. The Bertz CT molecular complexity index is 3140. The molecule has 8 rings (SSSR count). The van der Waals surface area contributed by atoms with Crippen molar-refractivity contribution in [2.75, 3.05) is 37.3 Å². The number of anilines is 6. The van der Waals surface area contributed by atoms with Gasteiger partial charge in [-0.2, -0.15) is 0 Å². The number of benzene rings is 6. The van der Waals surface area contributed by atoms with Crippen LogP contribution < -0.4 is 21.4 Å². The van der Waals surface area contributed by atoms with E-state index in [9.17, 15) is 23.6 Å². The fourth-order valence-corrected chi connectivity index (χ4v) is 6.57. The molecular weight excluding hydrogens is 1130 g/mol.